The summed E-state index contributed by atoms with van der Waals surface area (Å²) in [5, 5.41) is 8.91. The molecule has 2 N–H and O–H groups in total. The summed E-state index contributed by atoms with van der Waals surface area (Å²) < 4.78 is 27.0. The SMILES string of the molecule is Cc1ccncc1NS(=O)(=O)c1cc(C(=O)O)sc1C. The van der Waals surface area contributed by atoms with Crippen LogP contribution in [-0.2, 0) is 10.0 Å². The first kappa shape index (κ1) is 14.5. The highest BCUT2D eigenvalue weighted by molar-refractivity contribution is 7.93. The van der Waals surface area contributed by atoms with Crippen LogP contribution in [0.15, 0.2) is 29.4 Å². The molecule has 0 radical (unpaired) electrons. The van der Waals surface area contributed by atoms with Gasteiger partial charge in [0.15, 0.2) is 0 Å². The molecule has 2 rings (SSSR count). The quantitative estimate of drug-likeness (QED) is 0.902. The number of nitrogens with zero attached hydrogens (tertiary/aromatic N) is 1. The lowest BCUT2D eigenvalue weighted by atomic mass is 10.3. The highest BCUT2D eigenvalue weighted by Gasteiger charge is 2.22. The maximum absolute atomic E-state index is 12.3. The number of anilines is 1. The normalized spacial score (nSPS) is 11.3. The maximum Gasteiger partial charge on any atom is 0.345 e. The van der Waals surface area contributed by atoms with Crippen LogP contribution in [0, 0.1) is 13.8 Å². The van der Waals surface area contributed by atoms with Gasteiger partial charge in [0.2, 0.25) is 0 Å². The maximum atomic E-state index is 12.3. The Kier molecular flexibility index (Phi) is 3.78. The highest BCUT2D eigenvalue weighted by Crippen LogP contribution is 2.27. The first-order chi connectivity index (χ1) is 9.31. The number of thiophene rings is 1. The van der Waals surface area contributed by atoms with Crippen LogP contribution >= 0.6 is 11.3 Å². The van der Waals surface area contributed by atoms with Gasteiger partial charge in [0.05, 0.1) is 11.9 Å². The molecule has 0 aromatic carbocycles. The van der Waals surface area contributed by atoms with Crippen LogP contribution in [0.2, 0.25) is 0 Å². The standard InChI is InChI=1S/C12H12N2O4S2/c1-7-3-4-13-6-9(7)14-20(17,18)11-5-10(12(15)16)19-8(11)2/h3-6,14H,1-2H3,(H,15,16). The first-order valence-corrected chi connectivity index (χ1v) is 7.88. The van der Waals surface area contributed by atoms with Crippen molar-refractivity contribution in [3.63, 3.8) is 0 Å². The van der Waals surface area contributed by atoms with Crippen LogP contribution in [0.5, 0.6) is 0 Å². The van der Waals surface area contributed by atoms with E-state index in [-0.39, 0.29) is 9.77 Å². The molecule has 0 aliphatic carbocycles. The molecule has 0 fully saturated rings. The van der Waals surface area contributed by atoms with Crippen molar-refractivity contribution in [3.05, 3.63) is 39.8 Å². The number of sulfonamides is 1. The molecule has 0 spiro atoms. The molecule has 0 unspecified atom stereocenters. The number of pyridine rings is 1. The summed E-state index contributed by atoms with van der Waals surface area (Å²) >= 11 is 0.930. The van der Waals surface area contributed by atoms with Crippen molar-refractivity contribution >= 4 is 33.0 Å². The number of aromatic nitrogens is 1. The molecule has 0 saturated carbocycles. The van der Waals surface area contributed by atoms with Crippen LogP contribution < -0.4 is 4.72 Å². The number of carbonyl (C=O) groups is 1. The zero-order valence-corrected chi connectivity index (χ0v) is 12.4. The lowest BCUT2D eigenvalue weighted by Gasteiger charge is -2.09. The summed E-state index contributed by atoms with van der Waals surface area (Å²) in [6.45, 7) is 3.32. The Labute approximate surface area is 120 Å². The van der Waals surface area contributed by atoms with Crippen LogP contribution in [0.25, 0.3) is 0 Å². The molecule has 6 nitrogen and oxygen atoms in total. The van der Waals surface area contributed by atoms with Gasteiger partial charge in [-0.2, -0.15) is 0 Å². The van der Waals surface area contributed by atoms with Crippen molar-refractivity contribution in [3.8, 4) is 0 Å². The Morgan fingerprint density at radius 2 is 2.10 bits per heavy atom. The van der Waals surface area contributed by atoms with Crippen LogP contribution in [0.4, 0.5) is 5.69 Å². The van der Waals surface area contributed by atoms with Gasteiger partial charge >= 0.3 is 5.97 Å². The van der Waals surface area contributed by atoms with E-state index < -0.39 is 16.0 Å². The van der Waals surface area contributed by atoms with E-state index in [2.05, 4.69) is 9.71 Å². The van der Waals surface area contributed by atoms with Gasteiger partial charge in [-0.25, -0.2) is 13.2 Å². The van der Waals surface area contributed by atoms with Gasteiger partial charge in [-0.1, -0.05) is 0 Å². The molecule has 20 heavy (non-hydrogen) atoms. The molecule has 106 valence electrons. The summed E-state index contributed by atoms with van der Waals surface area (Å²) in [4.78, 5) is 15.1. The fraction of sp³-hybridized carbons (Fsp3) is 0.167. The molecule has 0 aliphatic heterocycles. The van der Waals surface area contributed by atoms with Crippen LogP contribution in [0.3, 0.4) is 0 Å². The van der Waals surface area contributed by atoms with E-state index in [1.807, 2.05) is 0 Å². The Morgan fingerprint density at radius 3 is 2.65 bits per heavy atom. The number of carboxylic acids is 1. The Morgan fingerprint density at radius 1 is 1.40 bits per heavy atom. The minimum Gasteiger partial charge on any atom is -0.477 e. The van der Waals surface area contributed by atoms with Gasteiger partial charge in [-0.15, -0.1) is 11.3 Å². The topological polar surface area (TPSA) is 96.4 Å². The molecule has 2 heterocycles. The zero-order chi connectivity index (χ0) is 14.9. The molecular weight excluding hydrogens is 300 g/mol. The number of carboxylic acid groups (broad SMARTS) is 1. The Bertz CT molecular complexity index is 766. The van der Waals surface area contributed by atoms with Gasteiger partial charge in [-0.05, 0) is 31.5 Å². The van der Waals surface area contributed by atoms with Gasteiger partial charge in [0, 0.05) is 11.1 Å². The second-order valence-electron chi connectivity index (χ2n) is 4.13. The second-order valence-corrected chi connectivity index (χ2v) is 7.04. The molecular formula is C12H12N2O4S2. The van der Waals surface area contributed by atoms with Gasteiger partial charge in [0.1, 0.15) is 9.77 Å². The molecule has 0 saturated heterocycles. The summed E-state index contributed by atoms with van der Waals surface area (Å²) in [5.74, 6) is -1.14. The van der Waals surface area contributed by atoms with Gasteiger partial charge < -0.3 is 5.11 Å². The highest BCUT2D eigenvalue weighted by atomic mass is 32.2. The average molecular weight is 312 g/mol. The molecule has 0 aliphatic rings. The Balaban J connectivity index is 2.41. The van der Waals surface area contributed by atoms with E-state index in [1.54, 1.807) is 26.1 Å². The monoisotopic (exact) mass is 312 g/mol. The minimum absolute atomic E-state index is 0.00853. The predicted molar refractivity (Wildman–Crippen MR) is 75.8 cm³/mol. The van der Waals surface area contributed by atoms with Crippen molar-refractivity contribution in [1.29, 1.82) is 0 Å². The molecule has 2 aromatic heterocycles. The third-order valence-electron chi connectivity index (χ3n) is 2.66. The lowest BCUT2D eigenvalue weighted by Crippen LogP contribution is -2.14. The number of rotatable bonds is 4. The van der Waals surface area contributed by atoms with Crippen LogP contribution in [-0.4, -0.2) is 24.5 Å². The summed E-state index contributed by atoms with van der Waals surface area (Å²) in [6, 6.07) is 2.84. The van der Waals surface area contributed by atoms with Gasteiger partial charge in [-0.3, -0.25) is 9.71 Å². The van der Waals surface area contributed by atoms with Crippen LogP contribution in [0.1, 0.15) is 20.1 Å². The zero-order valence-electron chi connectivity index (χ0n) is 10.7. The summed E-state index contributed by atoms with van der Waals surface area (Å²) in [5.41, 5.74) is 1.10. The number of hydrogen-bond donors (Lipinski definition) is 2. The lowest BCUT2D eigenvalue weighted by molar-refractivity contribution is 0.0702. The Hall–Kier alpha value is -1.93. The first-order valence-electron chi connectivity index (χ1n) is 5.58. The van der Waals surface area contributed by atoms with E-state index in [4.69, 9.17) is 5.11 Å². The van der Waals surface area contributed by atoms with Crippen molar-refractivity contribution < 1.29 is 18.3 Å². The average Bonchev–Trinajstić information content (AvgIpc) is 2.75. The van der Waals surface area contributed by atoms with Crippen molar-refractivity contribution in [1.82, 2.24) is 4.98 Å². The van der Waals surface area contributed by atoms with E-state index in [0.29, 0.717) is 10.6 Å². The summed E-state index contributed by atoms with van der Waals surface area (Å²) in [7, 11) is -3.82. The fourth-order valence-corrected chi connectivity index (χ4v) is 4.15. The molecule has 2 aromatic rings. The van der Waals surface area contributed by atoms with E-state index >= 15 is 0 Å². The fourth-order valence-electron chi connectivity index (χ4n) is 1.61. The smallest absolute Gasteiger partial charge is 0.345 e. The largest absolute Gasteiger partial charge is 0.477 e. The molecule has 0 bridgehead atoms. The van der Waals surface area contributed by atoms with E-state index in [0.717, 1.165) is 23.0 Å². The van der Waals surface area contributed by atoms with Gasteiger partial charge in [0.25, 0.3) is 10.0 Å². The molecule has 8 heteroatoms. The van der Waals surface area contributed by atoms with Crippen molar-refractivity contribution in [2.45, 2.75) is 18.7 Å². The number of nitrogens with one attached hydrogen (secondary N) is 1. The van der Waals surface area contributed by atoms with E-state index in [1.165, 1.54) is 6.20 Å². The third kappa shape index (κ3) is 2.81. The van der Waals surface area contributed by atoms with Crippen molar-refractivity contribution in [2.24, 2.45) is 0 Å². The molecule has 0 atom stereocenters. The van der Waals surface area contributed by atoms with E-state index in [9.17, 15) is 13.2 Å². The van der Waals surface area contributed by atoms with Crippen molar-refractivity contribution in [2.75, 3.05) is 4.72 Å². The number of aromatic carboxylic acids is 1. The minimum atomic E-state index is -3.82. The predicted octanol–water partition coefficient (Wildman–Crippen LogP) is 2.26. The number of hydrogen-bond acceptors (Lipinski definition) is 5. The second kappa shape index (κ2) is 5.22. The summed E-state index contributed by atoms with van der Waals surface area (Å²) in [6.07, 6.45) is 2.97. The molecule has 0 amide bonds. The number of aryl methyl sites for hydroxylation is 2. The third-order valence-corrected chi connectivity index (χ3v) is 5.32.